The minimum absolute atomic E-state index is 0.0763. The highest BCUT2D eigenvalue weighted by molar-refractivity contribution is 7.92. The lowest BCUT2D eigenvalue weighted by Gasteiger charge is -2.14. The van der Waals surface area contributed by atoms with E-state index in [-0.39, 0.29) is 16.5 Å². The number of carbonyl (C=O) groups is 1. The molecule has 1 aromatic heterocycles. The van der Waals surface area contributed by atoms with Crippen LogP contribution in [0.15, 0.2) is 51.9 Å². The van der Waals surface area contributed by atoms with Crippen LogP contribution in [0.1, 0.15) is 30.7 Å². The van der Waals surface area contributed by atoms with E-state index in [0.29, 0.717) is 28.8 Å². The third-order valence-corrected chi connectivity index (χ3v) is 6.12. The Kier molecular flexibility index (Phi) is 6.31. The number of nitrogens with one attached hydrogen (secondary N) is 2. The Bertz CT molecular complexity index is 1270. The monoisotopic (exact) mass is 467 g/mol. The highest BCUT2D eigenvalue weighted by Crippen LogP contribution is 2.35. The molecule has 170 valence electrons. The van der Waals surface area contributed by atoms with Crippen LogP contribution in [0.25, 0.3) is 11.1 Å². The molecule has 0 radical (unpaired) electrons. The summed E-state index contributed by atoms with van der Waals surface area (Å²) in [6.45, 7) is 4.68. The summed E-state index contributed by atoms with van der Waals surface area (Å²) in [6, 6.07) is 8.49. The zero-order valence-corrected chi connectivity index (χ0v) is 18.2. The minimum Gasteiger partial charge on any atom is -0.337 e. The molecule has 1 heterocycles. The van der Waals surface area contributed by atoms with Crippen LogP contribution in [0.2, 0.25) is 0 Å². The molecule has 0 fully saturated rings. The third kappa shape index (κ3) is 4.93. The first kappa shape index (κ1) is 23.3. The zero-order chi connectivity index (χ0) is 23.7. The molecular formula is C21H20F3N3O4S. The fourth-order valence-corrected chi connectivity index (χ4v) is 4.44. The number of benzene rings is 2. The third-order valence-electron chi connectivity index (χ3n) is 4.60. The van der Waals surface area contributed by atoms with Gasteiger partial charge in [-0.15, -0.1) is 0 Å². The van der Waals surface area contributed by atoms with Gasteiger partial charge in [-0.3, -0.25) is 14.8 Å². The molecule has 0 saturated heterocycles. The lowest BCUT2D eigenvalue weighted by Crippen LogP contribution is -2.15. The summed E-state index contributed by atoms with van der Waals surface area (Å²) in [5.41, 5.74) is 0.540. The first-order valence-electron chi connectivity index (χ1n) is 9.49. The van der Waals surface area contributed by atoms with Gasteiger partial charge in [0, 0.05) is 12.6 Å². The number of rotatable bonds is 6. The lowest BCUT2D eigenvalue weighted by molar-refractivity contribution is -0.137. The van der Waals surface area contributed by atoms with Gasteiger partial charge in [0.1, 0.15) is 0 Å². The number of amides is 1. The van der Waals surface area contributed by atoms with E-state index in [1.807, 2.05) is 6.92 Å². The van der Waals surface area contributed by atoms with Crippen molar-refractivity contribution in [2.75, 3.05) is 10.0 Å². The molecule has 0 unspecified atom stereocenters. The molecule has 0 spiro atoms. The largest absolute Gasteiger partial charge is 0.416 e. The number of aromatic nitrogens is 1. The summed E-state index contributed by atoms with van der Waals surface area (Å²) >= 11 is 0. The fraction of sp³-hybridized carbons (Fsp3) is 0.238. The average Bonchev–Trinajstić information content (AvgIpc) is 3.09. The van der Waals surface area contributed by atoms with Crippen LogP contribution in [-0.2, 0) is 27.4 Å². The van der Waals surface area contributed by atoms with E-state index >= 15 is 0 Å². The normalized spacial score (nSPS) is 11.9. The van der Waals surface area contributed by atoms with Gasteiger partial charge in [-0.25, -0.2) is 8.42 Å². The van der Waals surface area contributed by atoms with E-state index in [1.165, 1.54) is 19.1 Å². The van der Waals surface area contributed by atoms with E-state index in [2.05, 4.69) is 15.2 Å². The Morgan fingerprint density at radius 3 is 2.50 bits per heavy atom. The number of halogens is 3. The Labute approximate surface area is 182 Å². The van der Waals surface area contributed by atoms with Crippen molar-refractivity contribution in [3.8, 4) is 11.1 Å². The van der Waals surface area contributed by atoms with Crippen molar-refractivity contribution in [1.29, 1.82) is 0 Å². The number of nitrogens with zero attached hydrogens (tertiary/aromatic N) is 1. The molecule has 2 N–H and O–H groups in total. The average molecular weight is 467 g/mol. The second-order valence-corrected chi connectivity index (χ2v) is 8.68. The second kappa shape index (κ2) is 8.65. The lowest BCUT2D eigenvalue weighted by atomic mass is 10.0. The molecule has 1 amide bonds. The number of anilines is 2. The molecule has 11 heteroatoms. The van der Waals surface area contributed by atoms with E-state index in [4.69, 9.17) is 4.52 Å². The standard InChI is InChI=1S/C21H20F3N3O4S/c1-4-17-19(20(31-26-17)25-13(3)28)14-9-8-12(2)18(10-14)32(29,30)27-16-7-5-6-15(11-16)21(22,23)24/h5-11,27H,4H2,1-3H3,(H,25,28). The molecule has 7 nitrogen and oxygen atoms in total. The van der Waals surface area contributed by atoms with Crippen molar-refractivity contribution in [3.05, 3.63) is 59.3 Å². The Hall–Kier alpha value is -3.34. The molecule has 32 heavy (non-hydrogen) atoms. The Morgan fingerprint density at radius 2 is 1.88 bits per heavy atom. The number of aryl methyl sites for hydroxylation is 2. The van der Waals surface area contributed by atoms with Gasteiger partial charge in [0.25, 0.3) is 10.0 Å². The highest BCUT2D eigenvalue weighted by atomic mass is 32.2. The maximum absolute atomic E-state index is 13.0. The van der Waals surface area contributed by atoms with Crippen molar-refractivity contribution in [3.63, 3.8) is 0 Å². The van der Waals surface area contributed by atoms with Gasteiger partial charge in [0.2, 0.25) is 11.8 Å². The van der Waals surface area contributed by atoms with Crippen LogP contribution in [0.3, 0.4) is 0 Å². The number of hydrogen-bond donors (Lipinski definition) is 2. The van der Waals surface area contributed by atoms with Gasteiger partial charge in [0.15, 0.2) is 0 Å². The van der Waals surface area contributed by atoms with Crippen LogP contribution in [0.5, 0.6) is 0 Å². The van der Waals surface area contributed by atoms with Crippen molar-refractivity contribution in [1.82, 2.24) is 5.16 Å². The maximum Gasteiger partial charge on any atom is 0.416 e. The van der Waals surface area contributed by atoms with Crippen molar-refractivity contribution >= 4 is 27.5 Å². The van der Waals surface area contributed by atoms with Gasteiger partial charge in [-0.1, -0.05) is 30.3 Å². The predicted molar refractivity (Wildman–Crippen MR) is 113 cm³/mol. The Balaban J connectivity index is 2.05. The predicted octanol–water partition coefficient (Wildman–Crippen LogP) is 4.99. The summed E-state index contributed by atoms with van der Waals surface area (Å²) in [6.07, 6.45) is -4.15. The molecule has 0 bridgehead atoms. The van der Waals surface area contributed by atoms with Crippen LogP contribution >= 0.6 is 0 Å². The molecule has 0 aliphatic heterocycles. The topological polar surface area (TPSA) is 101 Å². The first-order valence-corrected chi connectivity index (χ1v) is 11.0. The SMILES string of the molecule is CCc1noc(NC(C)=O)c1-c1ccc(C)c(S(=O)(=O)Nc2cccc(C(F)(F)F)c2)c1. The van der Waals surface area contributed by atoms with Crippen molar-refractivity contribution < 1.29 is 30.9 Å². The van der Waals surface area contributed by atoms with E-state index in [9.17, 15) is 26.4 Å². The summed E-state index contributed by atoms with van der Waals surface area (Å²) in [5.74, 6) is -0.316. The molecular weight excluding hydrogens is 447 g/mol. The van der Waals surface area contributed by atoms with Crippen molar-refractivity contribution in [2.45, 2.75) is 38.3 Å². The first-order chi connectivity index (χ1) is 14.9. The molecule has 0 atom stereocenters. The van der Waals surface area contributed by atoms with Gasteiger partial charge in [-0.05, 0) is 48.7 Å². The van der Waals surface area contributed by atoms with Crippen LogP contribution < -0.4 is 10.0 Å². The summed E-state index contributed by atoms with van der Waals surface area (Å²) in [4.78, 5) is 11.4. The molecule has 0 aliphatic rings. The van der Waals surface area contributed by atoms with Crippen LogP contribution in [0, 0.1) is 6.92 Å². The van der Waals surface area contributed by atoms with E-state index in [0.717, 1.165) is 18.2 Å². The molecule has 3 aromatic rings. The second-order valence-electron chi connectivity index (χ2n) is 7.03. The number of carbonyl (C=O) groups excluding carboxylic acids is 1. The summed E-state index contributed by atoms with van der Waals surface area (Å²) < 4.78 is 72.4. The zero-order valence-electron chi connectivity index (χ0n) is 17.4. The maximum atomic E-state index is 13.0. The fourth-order valence-electron chi connectivity index (χ4n) is 3.12. The molecule has 0 aliphatic carbocycles. The summed E-state index contributed by atoms with van der Waals surface area (Å²) in [5, 5.41) is 6.44. The molecule has 2 aromatic carbocycles. The Morgan fingerprint density at radius 1 is 1.16 bits per heavy atom. The summed E-state index contributed by atoms with van der Waals surface area (Å²) in [7, 11) is -4.23. The number of sulfonamides is 1. The van der Waals surface area contributed by atoms with Crippen LogP contribution in [0.4, 0.5) is 24.7 Å². The van der Waals surface area contributed by atoms with Crippen molar-refractivity contribution in [2.24, 2.45) is 0 Å². The molecule has 3 rings (SSSR count). The number of alkyl halides is 3. The van der Waals surface area contributed by atoms with Gasteiger partial charge in [-0.2, -0.15) is 13.2 Å². The quantitative estimate of drug-likeness (QED) is 0.532. The smallest absolute Gasteiger partial charge is 0.337 e. The van der Waals surface area contributed by atoms with Gasteiger partial charge in [0.05, 0.1) is 21.7 Å². The van der Waals surface area contributed by atoms with E-state index < -0.39 is 27.7 Å². The highest BCUT2D eigenvalue weighted by Gasteiger charge is 2.31. The minimum atomic E-state index is -4.61. The molecule has 0 saturated carbocycles. The van der Waals surface area contributed by atoms with Gasteiger partial charge >= 0.3 is 6.18 Å². The van der Waals surface area contributed by atoms with E-state index in [1.54, 1.807) is 19.1 Å². The number of hydrogen-bond acceptors (Lipinski definition) is 5. The van der Waals surface area contributed by atoms with Gasteiger partial charge < -0.3 is 4.52 Å². The van der Waals surface area contributed by atoms with Crippen LogP contribution in [-0.4, -0.2) is 19.5 Å².